The van der Waals surface area contributed by atoms with Gasteiger partial charge in [-0.25, -0.2) is 4.79 Å². The van der Waals surface area contributed by atoms with Crippen LogP contribution in [0.1, 0.15) is 26.2 Å². The van der Waals surface area contributed by atoms with Gasteiger partial charge in [0.05, 0.1) is 6.10 Å². The zero-order valence-electron chi connectivity index (χ0n) is 8.27. The van der Waals surface area contributed by atoms with Gasteiger partial charge in [0.1, 0.15) is 0 Å². The van der Waals surface area contributed by atoms with E-state index in [4.69, 9.17) is 9.84 Å². The SMILES string of the molecule is CC1OCCC1C1(C(O)C(=O)O)CC1. The first-order valence-electron chi connectivity index (χ1n) is 5.10. The lowest BCUT2D eigenvalue weighted by molar-refractivity contribution is -0.152. The molecule has 0 aromatic carbocycles. The smallest absolute Gasteiger partial charge is 0.333 e. The van der Waals surface area contributed by atoms with Gasteiger partial charge in [-0.15, -0.1) is 0 Å². The second kappa shape index (κ2) is 3.21. The highest BCUT2D eigenvalue weighted by Crippen LogP contribution is 2.58. The van der Waals surface area contributed by atoms with Gasteiger partial charge in [-0.1, -0.05) is 0 Å². The lowest BCUT2D eigenvalue weighted by Gasteiger charge is -2.27. The van der Waals surface area contributed by atoms with E-state index in [1.54, 1.807) is 0 Å². The van der Waals surface area contributed by atoms with Crippen molar-refractivity contribution in [3.8, 4) is 0 Å². The number of carboxylic acid groups (broad SMARTS) is 1. The fourth-order valence-corrected chi connectivity index (χ4v) is 2.72. The van der Waals surface area contributed by atoms with Crippen molar-refractivity contribution in [2.75, 3.05) is 6.61 Å². The topological polar surface area (TPSA) is 66.8 Å². The second-order valence-corrected chi connectivity index (χ2v) is 4.45. The molecule has 1 heterocycles. The molecule has 0 aromatic rings. The number of hydrogen-bond acceptors (Lipinski definition) is 3. The van der Waals surface area contributed by atoms with Crippen molar-refractivity contribution in [2.24, 2.45) is 11.3 Å². The van der Waals surface area contributed by atoms with Crippen molar-refractivity contribution in [1.29, 1.82) is 0 Å². The molecule has 0 spiro atoms. The maximum Gasteiger partial charge on any atom is 0.333 e. The van der Waals surface area contributed by atoms with Crippen molar-refractivity contribution in [3.63, 3.8) is 0 Å². The van der Waals surface area contributed by atoms with E-state index in [9.17, 15) is 9.90 Å². The van der Waals surface area contributed by atoms with Crippen molar-refractivity contribution >= 4 is 5.97 Å². The van der Waals surface area contributed by atoms with Crippen LogP contribution in [0.5, 0.6) is 0 Å². The molecule has 2 aliphatic rings. The van der Waals surface area contributed by atoms with Crippen LogP contribution in [-0.4, -0.2) is 35.0 Å². The van der Waals surface area contributed by atoms with Crippen LogP contribution in [0.2, 0.25) is 0 Å². The molecule has 0 aromatic heterocycles. The molecular weight excluding hydrogens is 184 g/mol. The summed E-state index contributed by atoms with van der Waals surface area (Å²) in [6.45, 7) is 2.66. The largest absolute Gasteiger partial charge is 0.479 e. The molecule has 2 rings (SSSR count). The predicted molar refractivity (Wildman–Crippen MR) is 48.8 cm³/mol. The van der Waals surface area contributed by atoms with E-state index in [1.807, 2.05) is 6.92 Å². The van der Waals surface area contributed by atoms with E-state index in [1.165, 1.54) is 0 Å². The molecule has 14 heavy (non-hydrogen) atoms. The van der Waals surface area contributed by atoms with Crippen LogP contribution in [-0.2, 0) is 9.53 Å². The first-order chi connectivity index (χ1) is 6.58. The Morgan fingerprint density at radius 3 is 2.57 bits per heavy atom. The van der Waals surface area contributed by atoms with E-state index < -0.39 is 12.1 Å². The third kappa shape index (κ3) is 1.33. The normalized spacial score (nSPS) is 36.7. The summed E-state index contributed by atoms with van der Waals surface area (Å²) in [7, 11) is 0. The Labute approximate surface area is 82.9 Å². The van der Waals surface area contributed by atoms with E-state index in [0.717, 1.165) is 19.3 Å². The number of carboxylic acids is 1. The molecule has 80 valence electrons. The average molecular weight is 200 g/mol. The monoisotopic (exact) mass is 200 g/mol. The number of ether oxygens (including phenoxy) is 1. The fourth-order valence-electron chi connectivity index (χ4n) is 2.72. The Morgan fingerprint density at radius 2 is 2.21 bits per heavy atom. The predicted octanol–water partition coefficient (Wildman–Crippen LogP) is 0.637. The van der Waals surface area contributed by atoms with Crippen molar-refractivity contribution < 1.29 is 19.7 Å². The van der Waals surface area contributed by atoms with Gasteiger partial charge in [-0.2, -0.15) is 0 Å². The summed E-state index contributed by atoms with van der Waals surface area (Å²) < 4.78 is 5.42. The van der Waals surface area contributed by atoms with E-state index >= 15 is 0 Å². The molecular formula is C10H16O4. The molecule has 4 heteroatoms. The van der Waals surface area contributed by atoms with Crippen LogP contribution < -0.4 is 0 Å². The van der Waals surface area contributed by atoms with Crippen LogP contribution in [0, 0.1) is 11.3 Å². The zero-order valence-corrected chi connectivity index (χ0v) is 8.27. The van der Waals surface area contributed by atoms with E-state index in [-0.39, 0.29) is 17.4 Å². The van der Waals surface area contributed by atoms with E-state index in [2.05, 4.69) is 0 Å². The Morgan fingerprint density at radius 1 is 1.57 bits per heavy atom. The Balaban J connectivity index is 2.12. The highest BCUT2D eigenvalue weighted by molar-refractivity contribution is 5.73. The molecule has 1 aliphatic heterocycles. The molecule has 0 radical (unpaired) electrons. The zero-order chi connectivity index (χ0) is 10.3. The number of hydrogen-bond donors (Lipinski definition) is 2. The van der Waals surface area contributed by atoms with Crippen molar-refractivity contribution in [1.82, 2.24) is 0 Å². The molecule has 3 unspecified atom stereocenters. The molecule has 1 saturated heterocycles. The molecule has 2 fully saturated rings. The maximum atomic E-state index is 10.8. The number of rotatable bonds is 3. The summed E-state index contributed by atoms with van der Waals surface area (Å²) in [6.07, 6.45) is 1.39. The highest BCUT2D eigenvalue weighted by Gasteiger charge is 2.59. The highest BCUT2D eigenvalue weighted by atomic mass is 16.5. The summed E-state index contributed by atoms with van der Waals surface area (Å²) in [5.74, 6) is -0.879. The van der Waals surface area contributed by atoms with Crippen LogP contribution in [0.3, 0.4) is 0 Å². The standard InChI is InChI=1S/C10H16O4/c1-6-7(2-5-14-6)10(3-4-10)8(11)9(12)13/h6-8,11H,2-5H2,1H3,(H,12,13). The molecule has 0 bridgehead atoms. The number of aliphatic hydroxyl groups is 1. The summed E-state index contributed by atoms with van der Waals surface area (Å²) >= 11 is 0. The average Bonchev–Trinajstić information content (AvgIpc) is 2.83. The van der Waals surface area contributed by atoms with Gasteiger partial charge >= 0.3 is 5.97 Å². The minimum atomic E-state index is -1.21. The molecule has 1 saturated carbocycles. The number of aliphatic carboxylic acids is 1. The van der Waals surface area contributed by atoms with Crippen LogP contribution in [0.25, 0.3) is 0 Å². The minimum Gasteiger partial charge on any atom is -0.479 e. The van der Waals surface area contributed by atoms with Gasteiger partial charge in [0, 0.05) is 12.0 Å². The third-order valence-electron chi connectivity index (χ3n) is 3.72. The van der Waals surface area contributed by atoms with Gasteiger partial charge < -0.3 is 14.9 Å². The van der Waals surface area contributed by atoms with Gasteiger partial charge in [0.15, 0.2) is 6.10 Å². The molecule has 2 N–H and O–H groups in total. The number of aliphatic hydroxyl groups excluding tert-OH is 1. The molecule has 1 aliphatic carbocycles. The second-order valence-electron chi connectivity index (χ2n) is 4.45. The van der Waals surface area contributed by atoms with Crippen LogP contribution >= 0.6 is 0 Å². The first-order valence-corrected chi connectivity index (χ1v) is 5.10. The summed E-state index contributed by atoms with van der Waals surface area (Å²) in [4.78, 5) is 10.8. The lowest BCUT2D eigenvalue weighted by atomic mass is 9.80. The summed E-state index contributed by atoms with van der Waals surface area (Å²) in [6, 6.07) is 0. The van der Waals surface area contributed by atoms with Crippen LogP contribution in [0.15, 0.2) is 0 Å². The molecule has 3 atom stereocenters. The van der Waals surface area contributed by atoms with Crippen molar-refractivity contribution in [2.45, 2.75) is 38.4 Å². The Hall–Kier alpha value is -0.610. The van der Waals surface area contributed by atoms with Crippen molar-refractivity contribution in [3.05, 3.63) is 0 Å². The minimum absolute atomic E-state index is 0.0894. The fraction of sp³-hybridized carbons (Fsp3) is 0.900. The molecule has 0 amide bonds. The number of carbonyl (C=O) groups is 1. The van der Waals surface area contributed by atoms with Gasteiger partial charge in [-0.3, -0.25) is 0 Å². The van der Waals surface area contributed by atoms with Gasteiger partial charge in [-0.05, 0) is 32.1 Å². The Bertz CT molecular complexity index is 247. The molecule has 4 nitrogen and oxygen atoms in total. The van der Waals surface area contributed by atoms with E-state index in [0.29, 0.717) is 6.61 Å². The quantitative estimate of drug-likeness (QED) is 0.701. The Kier molecular flexibility index (Phi) is 2.27. The summed E-state index contributed by atoms with van der Waals surface area (Å²) in [5.41, 5.74) is -0.387. The maximum absolute atomic E-state index is 10.8. The lowest BCUT2D eigenvalue weighted by Crippen LogP contribution is -2.38. The summed E-state index contributed by atoms with van der Waals surface area (Å²) in [5, 5.41) is 18.5. The van der Waals surface area contributed by atoms with Crippen LogP contribution in [0.4, 0.5) is 0 Å². The van der Waals surface area contributed by atoms with Gasteiger partial charge in [0.25, 0.3) is 0 Å². The van der Waals surface area contributed by atoms with Gasteiger partial charge in [0.2, 0.25) is 0 Å². The first kappa shape index (κ1) is 9.93. The third-order valence-corrected chi connectivity index (χ3v) is 3.72.